The fourth-order valence-electron chi connectivity index (χ4n) is 3.13. The van der Waals surface area contributed by atoms with Crippen LogP contribution in [0.1, 0.15) is 35.2 Å². The van der Waals surface area contributed by atoms with Crippen LogP contribution in [0.5, 0.6) is 0 Å². The van der Waals surface area contributed by atoms with E-state index >= 15 is 0 Å². The van der Waals surface area contributed by atoms with Crippen molar-refractivity contribution in [2.24, 2.45) is 0 Å². The van der Waals surface area contributed by atoms with E-state index in [0.29, 0.717) is 0 Å². The van der Waals surface area contributed by atoms with Crippen LogP contribution < -0.4 is 10.2 Å². The van der Waals surface area contributed by atoms with Crippen LogP contribution in [0.3, 0.4) is 0 Å². The Morgan fingerprint density at radius 2 is 1.96 bits per heavy atom. The number of aromatic nitrogens is 5. The van der Waals surface area contributed by atoms with Crippen molar-refractivity contribution in [1.82, 2.24) is 24.9 Å². The van der Waals surface area contributed by atoms with Crippen molar-refractivity contribution in [2.45, 2.75) is 33.2 Å². The van der Waals surface area contributed by atoms with E-state index in [1.165, 1.54) is 0 Å². The first-order valence-electron chi connectivity index (χ1n) is 8.69. The summed E-state index contributed by atoms with van der Waals surface area (Å²) in [6.45, 7) is 6.88. The highest BCUT2D eigenvalue weighted by Gasteiger charge is 2.32. The summed E-state index contributed by atoms with van der Waals surface area (Å²) in [4.78, 5) is 24.4. The molecule has 4 heterocycles. The van der Waals surface area contributed by atoms with Gasteiger partial charge in [-0.2, -0.15) is 0 Å². The van der Waals surface area contributed by atoms with Gasteiger partial charge in [-0.15, -0.1) is 0 Å². The summed E-state index contributed by atoms with van der Waals surface area (Å²) in [5, 5.41) is 3.31. The van der Waals surface area contributed by atoms with Crippen molar-refractivity contribution in [3.8, 4) is 0 Å². The maximum absolute atomic E-state index is 4.66. The van der Waals surface area contributed by atoms with Gasteiger partial charge in [-0.05, 0) is 38.8 Å². The summed E-state index contributed by atoms with van der Waals surface area (Å²) in [5.74, 6) is 3.26. The van der Waals surface area contributed by atoms with Gasteiger partial charge in [0.15, 0.2) is 0 Å². The van der Waals surface area contributed by atoms with Crippen LogP contribution in [0.15, 0.2) is 36.8 Å². The molecule has 0 unspecified atom stereocenters. The molecule has 0 aromatic carbocycles. The quantitative estimate of drug-likeness (QED) is 0.776. The zero-order valence-corrected chi connectivity index (χ0v) is 15.1. The molecule has 0 bridgehead atoms. The third kappa shape index (κ3) is 3.20. The number of nitrogens with one attached hydrogen (secondary N) is 1. The first-order chi connectivity index (χ1) is 12.6. The van der Waals surface area contributed by atoms with Crippen LogP contribution in [-0.2, 0) is 0 Å². The molecule has 3 aromatic heterocycles. The van der Waals surface area contributed by atoms with Gasteiger partial charge < -0.3 is 10.2 Å². The summed E-state index contributed by atoms with van der Waals surface area (Å²) in [7, 11) is 0. The summed E-state index contributed by atoms with van der Waals surface area (Å²) in [6, 6.07) is 8.17. The SMILES string of the molecule is Cc1cc(N2CC[C@H]2c2cc(Nc3ncccc3C)nc(C)n2)ncn1. The number of aryl methyl sites for hydroxylation is 3. The van der Waals surface area contributed by atoms with Crippen LogP contribution in [-0.4, -0.2) is 31.5 Å². The number of pyridine rings is 1. The van der Waals surface area contributed by atoms with Crippen molar-refractivity contribution in [3.63, 3.8) is 0 Å². The maximum atomic E-state index is 4.66. The van der Waals surface area contributed by atoms with Crippen LogP contribution in [0.2, 0.25) is 0 Å². The molecule has 4 rings (SSSR count). The number of nitrogens with zero attached hydrogens (tertiary/aromatic N) is 6. The van der Waals surface area contributed by atoms with Crippen LogP contribution in [0.4, 0.5) is 17.5 Å². The van der Waals surface area contributed by atoms with Gasteiger partial charge in [0.2, 0.25) is 0 Å². The molecule has 1 aliphatic rings. The number of rotatable bonds is 4. The Balaban J connectivity index is 1.61. The Bertz CT molecular complexity index is 941. The summed E-state index contributed by atoms with van der Waals surface area (Å²) >= 11 is 0. The maximum Gasteiger partial charge on any atom is 0.135 e. The van der Waals surface area contributed by atoms with Crippen LogP contribution >= 0.6 is 0 Å². The smallest absolute Gasteiger partial charge is 0.135 e. The largest absolute Gasteiger partial charge is 0.348 e. The first-order valence-corrected chi connectivity index (χ1v) is 8.69. The Labute approximate surface area is 152 Å². The second kappa shape index (κ2) is 6.67. The van der Waals surface area contributed by atoms with Crippen LogP contribution in [0, 0.1) is 20.8 Å². The zero-order valence-electron chi connectivity index (χ0n) is 15.1. The molecule has 132 valence electrons. The van der Waals surface area contributed by atoms with E-state index in [9.17, 15) is 0 Å². The molecule has 1 aliphatic heterocycles. The van der Waals surface area contributed by atoms with E-state index in [1.54, 1.807) is 12.5 Å². The minimum atomic E-state index is 0.205. The van der Waals surface area contributed by atoms with E-state index in [-0.39, 0.29) is 6.04 Å². The van der Waals surface area contributed by atoms with E-state index in [0.717, 1.165) is 53.2 Å². The van der Waals surface area contributed by atoms with Gasteiger partial charge >= 0.3 is 0 Å². The Morgan fingerprint density at radius 3 is 2.69 bits per heavy atom. The van der Waals surface area contributed by atoms with Gasteiger partial charge in [0, 0.05) is 30.6 Å². The molecule has 0 amide bonds. The van der Waals surface area contributed by atoms with Crippen LogP contribution in [0.25, 0.3) is 0 Å². The number of anilines is 3. The van der Waals surface area contributed by atoms with Gasteiger partial charge in [-0.1, -0.05) is 6.07 Å². The fraction of sp³-hybridized carbons (Fsp3) is 0.316. The number of hydrogen-bond donors (Lipinski definition) is 1. The molecule has 0 saturated carbocycles. The highest BCUT2D eigenvalue weighted by atomic mass is 15.3. The molecule has 26 heavy (non-hydrogen) atoms. The third-order valence-corrected chi connectivity index (χ3v) is 4.56. The molecule has 1 atom stereocenters. The highest BCUT2D eigenvalue weighted by Crippen LogP contribution is 2.36. The van der Waals surface area contributed by atoms with Gasteiger partial charge in [0.05, 0.1) is 11.7 Å². The predicted octanol–water partition coefficient (Wildman–Crippen LogP) is 3.28. The van der Waals surface area contributed by atoms with Crippen molar-refractivity contribution in [2.75, 3.05) is 16.8 Å². The Kier molecular flexibility index (Phi) is 4.20. The molecule has 1 fully saturated rings. The lowest BCUT2D eigenvalue weighted by Gasteiger charge is -2.41. The van der Waals surface area contributed by atoms with E-state index in [1.807, 2.05) is 45.0 Å². The first kappa shape index (κ1) is 16.4. The fourth-order valence-corrected chi connectivity index (χ4v) is 3.13. The molecule has 1 N–H and O–H groups in total. The zero-order chi connectivity index (χ0) is 18.1. The normalized spacial score (nSPS) is 16.3. The molecular weight excluding hydrogens is 326 g/mol. The summed E-state index contributed by atoms with van der Waals surface area (Å²) in [6.07, 6.45) is 4.43. The van der Waals surface area contributed by atoms with E-state index in [4.69, 9.17) is 0 Å². The monoisotopic (exact) mass is 347 g/mol. The minimum absolute atomic E-state index is 0.205. The lowest BCUT2D eigenvalue weighted by Crippen LogP contribution is -2.42. The summed E-state index contributed by atoms with van der Waals surface area (Å²) in [5.41, 5.74) is 3.04. The molecular formula is C19H21N7. The van der Waals surface area contributed by atoms with Crippen molar-refractivity contribution in [1.29, 1.82) is 0 Å². The summed E-state index contributed by atoms with van der Waals surface area (Å²) < 4.78 is 0. The van der Waals surface area contributed by atoms with Gasteiger partial charge in [-0.25, -0.2) is 24.9 Å². The number of hydrogen-bond acceptors (Lipinski definition) is 7. The molecule has 7 nitrogen and oxygen atoms in total. The molecule has 7 heteroatoms. The Morgan fingerprint density at radius 1 is 1.08 bits per heavy atom. The van der Waals surface area contributed by atoms with Gasteiger partial charge in [0.25, 0.3) is 0 Å². The van der Waals surface area contributed by atoms with E-state index < -0.39 is 0 Å². The molecule has 3 aromatic rings. The second-order valence-corrected chi connectivity index (χ2v) is 6.53. The van der Waals surface area contributed by atoms with Crippen molar-refractivity contribution in [3.05, 3.63) is 59.6 Å². The van der Waals surface area contributed by atoms with Crippen molar-refractivity contribution >= 4 is 17.5 Å². The van der Waals surface area contributed by atoms with Gasteiger partial charge in [-0.3, -0.25) is 0 Å². The molecule has 1 saturated heterocycles. The molecule has 0 radical (unpaired) electrons. The topological polar surface area (TPSA) is 79.7 Å². The Hall–Kier alpha value is -3.09. The van der Waals surface area contributed by atoms with Crippen molar-refractivity contribution < 1.29 is 0 Å². The second-order valence-electron chi connectivity index (χ2n) is 6.53. The predicted molar refractivity (Wildman–Crippen MR) is 100 cm³/mol. The lowest BCUT2D eigenvalue weighted by atomic mass is 9.99. The molecule has 0 aliphatic carbocycles. The average molecular weight is 347 g/mol. The minimum Gasteiger partial charge on any atom is -0.348 e. The standard InChI is InChI=1S/C19H21N7/c1-12-5-4-7-20-19(12)25-17-10-15(23-14(3)24-17)16-6-8-26(16)18-9-13(2)21-11-22-18/h4-5,7,9-11,16H,6,8H2,1-3H3,(H,20,23,24,25)/t16-/m0/s1. The molecule has 0 spiro atoms. The average Bonchev–Trinajstić information content (AvgIpc) is 2.55. The lowest BCUT2D eigenvalue weighted by molar-refractivity contribution is 0.449. The third-order valence-electron chi connectivity index (χ3n) is 4.56. The van der Waals surface area contributed by atoms with Gasteiger partial charge in [0.1, 0.15) is 29.6 Å². The highest BCUT2D eigenvalue weighted by molar-refractivity contribution is 5.56. The van der Waals surface area contributed by atoms with E-state index in [2.05, 4.69) is 35.1 Å².